The average molecular weight is 478 g/mol. The van der Waals surface area contributed by atoms with Crippen molar-refractivity contribution in [3.05, 3.63) is 29.3 Å². The SMILES string of the molecule is O=C1CCC(N2Cc3c(SCCOCCOCCN4CCOCC4)cccc3C2=O)C(=O)N1. The maximum absolute atomic E-state index is 12.9. The van der Waals surface area contributed by atoms with E-state index in [9.17, 15) is 14.4 Å². The number of benzene rings is 1. The molecule has 4 rings (SSSR count). The molecular formula is C23H31N3O6S. The fraction of sp³-hybridized carbons (Fsp3) is 0.609. The molecule has 0 bridgehead atoms. The summed E-state index contributed by atoms with van der Waals surface area (Å²) < 4.78 is 16.7. The lowest BCUT2D eigenvalue weighted by atomic mass is 10.0. The van der Waals surface area contributed by atoms with Crippen molar-refractivity contribution >= 4 is 29.5 Å². The Balaban J connectivity index is 1.16. The van der Waals surface area contributed by atoms with Gasteiger partial charge in [0.15, 0.2) is 0 Å². The van der Waals surface area contributed by atoms with E-state index in [4.69, 9.17) is 14.2 Å². The van der Waals surface area contributed by atoms with Crippen molar-refractivity contribution in [3.63, 3.8) is 0 Å². The standard InChI is InChI=1S/C23H31N3O6S/c27-21-5-4-19(22(28)24-21)26-16-18-17(23(26)29)2-1-3-20(18)33-15-14-32-13-12-31-11-8-25-6-9-30-10-7-25/h1-3,19H,4-16H2,(H,24,27,28). The van der Waals surface area contributed by atoms with Gasteiger partial charge in [0.2, 0.25) is 11.8 Å². The summed E-state index contributed by atoms with van der Waals surface area (Å²) >= 11 is 1.65. The van der Waals surface area contributed by atoms with Crippen LogP contribution in [0.15, 0.2) is 23.1 Å². The quantitative estimate of drug-likeness (QED) is 0.285. The molecule has 0 radical (unpaired) electrons. The van der Waals surface area contributed by atoms with Gasteiger partial charge in [-0.25, -0.2) is 0 Å². The Morgan fingerprint density at radius 3 is 2.64 bits per heavy atom. The van der Waals surface area contributed by atoms with Gasteiger partial charge in [0.1, 0.15) is 6.04 Å². The molecular weight excluding hydrogens is 446 g/mol. The van der Waals surface area contributed by atoms with Gasteiger partial charge in [-0.2, -0.15) is 0 Å². The molecule has 3 aliphatic heterocycles. The summed E-state index contributed by atoms with van der Waals surface area (Å²) in [6, 6.07) is 5.08. The van der Waals surface area contributed by atoms with E-state index < -0.39 is 6.04 Å². The number of rotatable bonds is 11. The predicted octanol–water partition coefficient (Wildman–Crippen LogP) is 0.905. The minimum Gasteiger partial charge on any atom is -0.379 e. The Bertz CT molecular complexity index is 861. The number of morpholine rings is 1. The summed E-state index contributed by atoms with van der Waals surface area (Å²) in [5.74, 6) is -0.0506. The minimum atomic E-state index is -0.591. The second-order valence-electron chi connectivity index (χ2n) is 8.21. The van der Waals surface area contributed by atoms with Gasteiger partial charge >= 0.3 is 0 Å². The van der Waals surface area contributed by atoms with Gasteiger partial charge in [-0.05, 0) is 24.1 Å². The van der Waals surface area contributed by atoms with Crippen LogP contribution in [0.25, 0.3) is 0 Å². The van der Waals surface area contributed by atoms with E-state index in [-0.39, 0.29) is 24.1 Å². The molecule has 1 atom stereocenters. The molecule has 1 aromatic rings. The van der Waals surface area contributed by atoms with E-state index in [1.165, 1.54) is 0 Å². The Morgan fingerprint density at radius 1 is 1.06 bits per heavy atom. The van der Waals surface area contributed by atoms with Crippen LogP contribution in [0.2, 0.25) is 0 Å². The van der Waals surface area contributed by atoms with Gasteiger partial charge in [-0.1, -0.05) is 6.07 Å². The number of imide groups is 1. The van der Waals surface area contributed by atoms with Crippen molar-refractivity contribution in [2.45, 2.75) is 30.3 Å². The van der Waals surface area contributed by atoms with E-state index >= 15 is 0 Å². The van der Waals surface area contributed by atoms with Gasteiger partial charge in [0, 0.05) is 48.8 Å². The summed E-state index contributed by atoms with van der Waals surface area (Å²) in [5.41, 5.74) is 1.59. The molecule has 2 fully saturated rings. The minimum absolute atomic E-state index is 0.146. The van der Waals surface area contributed by atoms with Crippen molar-refractivity contribution in [3.8, 4) is 0 Å². The number of thioether (sulfide) groups is 1. The maximum Gasteiger partial charge on any atom is 0.255 e. The number of hydrogen-bond donors (Lipinski definition) is 1. The first-order valence-electron chi connectivity index (χ1n) is 11.5. The van der Waals surface area contributed by atoms with Gasteiger partial charge in [0.25, 0.3) is 5.91 Å². The van der Waals surface area contributed by atoms with Crippen molar-refractivity contribution in [1.82, 2.24) is 15.1 Å². The number of hydrogen-bond acceptors (Lipinski definition) is 8. The lowest BCUT2D eigenvalue weighted by Crippen LogP contribution is -2.52. The predicted molar refractivity (Wildman–Crippen MR) is 122 cm³/mol. The van der Waals surface area contributed by atoms with Crippen molar-refractivity contribution in [2.75, 3.05) is 65.0 Å². The second-order valence-corrected chi connectivity index (χ2v) is 9.35. The van der Waals surface area contributed by atoms with Crippen molar-refractivity contribution in [2.24, 2.45) is 0 Å². The van der Waals surface area contributed by atoms with Gasteiger partial charge in [0.05, 0.1) is 39.6 Å². The van der Waals surface area contributed by atoms with Crippen molar-refractivity contribution in [1.29, 1.82) is 0 Å². The monoisotopic (exact) mass is 477 g/mol. The molecule has 1 unspecified atom stereocenters. The first-order chi connectivity index (χ1) is 16.1. The third-order valence-electron chi connectivity index (χ3n) is 6.05. The van der Waals surface area contributed by atoms with Gasteiger partial charge < -0.3 is 19.1 Å². The fourth-order valence-corrected chi connectivity index (χ4v) is 5.19. The summed E-state index contributed by atoms with van der Waals surface area (Å²) in [6.07, 6.45) is 0.627. The van der Waals surface area contributed by atoms with Crippen LogP contribution in [0, 0.1) is 0 Å². The molecule has 0 spiro atoms. The molecule has 33 heavy (non-hydrogen) atoms. The highest BCUT2D eigenvalue weighted by molar-refractivity contribution is 7.99. The Kier molecular flexibility index (Phi) is 8.74. The Labute approximate surface area is 198 Å². The number of carbonyl (C=O) groups excluding carboxylic acids is 3. The Hall–Kier alpha value is -1.98. The van der Waals surface area contributed by atoms with E-state index in [0.717, 1.165) is 49.1 Å². The molecule has 10 heteroatoms. The number of carbonyl (C=O) groups is 3. The highest BCUT2D eigenvalue weighted by Gasteiger charge is 2.39. The van der Waals surface area contributed by atoms with Gasteiger partial charge in [-0.15, -0.1) is 11.8 Å². The second kappa shape index (κ2) is 11.9. The molecule has 1 aromatic carbocycles. The summed E-state index contributed by atoms with van der Waals surface area (Å²) in [6.45, 7) is 7.27. The lowest BCUT2D eigenvalue weighted by molar-refractivity contribution is -0.136. The molecule has 0 aromatic heterocycles. The molecule has 3 amide bonds. The zero-order valence-electron chi connectivity index (χ0n) is 18.8. The Morgan fingerprint density at radius 2 is 1.85 bits per heavy atom. The number of nitrogens with one attached hydrogen (secondary N) is 1. The number of fused-ring (bicyclic) bond motifs is 1. The highest BCUT2D eigenvalue weighted by atomic mass is 32.2. The van der Waals surface area contributed by atoms with E-state index in [0.29, 0.717) is 45.0 Å². The van der Waals surface area contributed by atoms with Crippen LogP contribution >= 0.6 is 11.8 Å². The molecule has 180 valence electrons. The number of ether oxygens (including phenoxy) is 3. The normalized spacial score (nSPS) is 21.4. The number of nitrogens with zero attached hydrogens (tertiary/aromatic N) is 2. The summed E-state index contributed by atoms with van der Waals surface area (Å²) in [4.78, 5) is 41.5. The number of amides is 3. The molecule has 3 aliphatic rings. The molecule has 0 saturated carbocycles. The third-order valence-corrected chi connectivity index (χ3v) is 7.12. The zero-order valence-corrected chi connectivity index (χ0v) is 19.6. The highest BCUT2D eigenvalue weighted by Crippen LogP contribution is 2.34. The summed E-state index contributed by atoms with van der Waals surface area (Å²) in [7, 11) is 0. The smallest absolute Gasteiger partial charge is 0.255 e. The fourth-order valence-electron chi connectivity index (χ4n) is 4.24. The van der Waals surface area contributed by atoms with Crippen molar-refractivity contribution < 1.29 is 28.6 Å². The average Bonchev–Trinajstić information content (AvgIpc) is 3.15. The van der Waals surface area contributed by atoms with Crippen LogP contribution < -0.4 is 5.32 Å². The molecule has 3 heterocycles. The maximum atomic E-state index is 12.9. The lowest BCUT2D eigenvalue weighted by Gasteiger charge is -2.29. The molecule has 1 N–H and O–H groups in total. The van der Waals surface area contributed by atoms with E-state index in [1.54, 1.807) is 22.7 Å². The topological polar surface area (TPSA) is 97.4 Å². The third kappa shape index (κ3) is 6.33. The summed E-state index contributed by atoms with van der Waals surface area (Å²) in [5, 5.41) is 2.34. The van der Waals surface area contributed by atoms with E-state index in [1.807, 2.05) is 12.1 Å². The van der Waals surface area contributed by atoms with Crippen LogP contribution in [0.3, 0.4) is 0 Å². The largest absolute Gasteiger partial charge is 0.379 e. The molecule has 0 aliphatic carbocycles. The number of piperidine rings is 1. The van der Waals surface area contributed by atoms with Crippen LogP contribution in [-0.4, -0.2) is 98.6 Å². The van der Waals surface area contributed by atoms with Crippen LogP contribution in [0.1, 0.15) is 28.8 Å². The first kappa shape index (κ1) is 24.2. The molecule has 9 nitrogen and oxygen atoms in total. The van der Waals surface area contributed by atoms with E-state index in [2.05, 4.69) is 10.2 Å². The van der Waals surface area contributed by atoms with Crippen LogP contribution in [-0.2, 0) is 30.3 Å². The molecule has 2 saturated heterocycles. The van der Waals surface area contributed by atoms with Gasteiger partial charge in [-0.3, -0.25) is 24.6 Å². The van der Waals surface area contributed by atoms with Crippen LogP contribution in [0.5, 0.6) is 0 Å². The first-order valence-corrected chi connectivity index (χ1v) is 12.5. The van der Waals surface area contributed by atoms with Crippen LogP contribution in [0.4, 0.5) is 0 Å². The zero-order chi connectivity index (χ0) is 23.0.